The van der Waals surface area contributed by atoms with Crippen molar-refractivity contribution in [3.8, 4) is 0 Å². The van der Waals surface area contributed by atoms with E-state index in [0.717, 1.165) is 32.7 Å². The number of carbonyl (C=O) groups is 2. The second-order valence-corrected chi connectivity index (χ2v) is 7.46. The van der Waals surface area contributed by atoms with E-state index in [1.165, 1.54) is 0 Å². The predicted octanol–water partition coefficient (Wildman–Crippen LogP) is 5.60. The largest absolute Gasteiger partial charge is 0.386 e. The van der Waals surface area contributed by atoms with Crippen LogP contribution in [0.3, 0.4) is 0 Å². The molecule has 3 nitrogen and oxygen atoms in total. The van der Waals surface area contributed by atoms with Crippen LogP contribution in [0.5, 0.6) is 0 Å². The van der Waals surface area contributed by atoms with E-state index < -0.39 is 11.9 Å². The molecule has 0 bridgehead atoms. The van der Waals surface area contributed by atoms with E-state index in [1.807, 2.05) is 74.5 Å². The minimum absolute atomic E-state index is 0.332. The first-order valence-electron chi connectivity index (χ1n) is 9.53. The van der Waals surface area contributed by atoms with Crippen LogP contribution >= 0.6 is 0 Å². The Labute approximate surface area is 168 Å². The third-order valence-corrected chi connectivity index (χ3v) is 5.56. The normalized spacial score (nSPS) is 14.1. The molecule has 0 amide bonds. The Morgan fingerprint density at radius 3 is 1.45 bits per heavy atom. The highest BCUT2D eigenvalue weighted by atomic mass is 16.6. The van der Waals surface area contributed by atoms with Crippen molar-refractivity contribution >= 4 is 44.6 Å². The van der Waals surface area contributed by atoms with Gasteiger partial charge in [0.1, 0.15) is 0 Å². The third kappa shape index (κ3) is 2.74. The van der Waals surface area contributed by atoms with Gasteiger partial charge in [0.05, 0.1) is 11.1 Å². The van der Waals surface area contributed by atoms with Crippen molar-refractivity contribution in [2.45, 2.75) is 13.8 Å². The Hall–Kier alpha value is -3.72. The van der Waals surface area contributed by atoms with E-state index in [2.05, 4.69) is 12.1 Å². The molecule has 0 fully saturated rings. The summed E-state index contributed by atoms with van der Waals surface area (Å²) in [5.41, 5.74) is 4.17. The van der Waals surface area contributed by atoms with Gasteiger partial charge >= 0.3 is 11.9 Å². The fraction of sp³-hybridized carbons (Fsp3) is 0.0769. The molecule has 140 valence electrons. The highest BCUT2D eigenvalue weighted by Gasteiger charge is 2.35. The van der Waals surface area contributed by atoms with E-state index in [-0.39, 0.29) is 0 Å². The Kier molecular flexibility index (Phi) is 3.85. The van der Waals surface area contributed by atoms with Crippen LogP contribution in [0.2, 0.25) is 0 Å². The van der Waals surface area contributed by atoms with Crippen LogP contribution in [0.1, 0.15) is 22.3 Å². The number of hydrogen-bond donors (Lipinski definition) is 0. The molecule has 1 aliphatic rings. The molecule has 0 saturated carbocycles. The standard InChI is InChI=1S/C26H18O3/c1-15-11-19(13-17-7-3-5-9-21(15)17)23-24(26(28)29-25(23)27)20-12-16(2)22-10-6-4-8-18(22)14-20/h3-14H,1-2H3. The zero-order chi connectivity index (χ0) is 20.1. The van der Waals surface area contributed by atoms with Gasteiger partial charge in [-0.05, 0) is 69.8 Å². The van der Waals surface area contributed by atoms with Gasteiger partial charge in [0.25, 0.3) is 0 Å². The van der Waals surface area contributed by atoms with E-state index in [4.69, 9.17) is 4.74 Å². The molecule has 1 heterocycles. The maximum atomic E-state index is 12.7. The molecule has 4 aromatic carbocycles. The summed E-state index contributed by atoms with van der Waals surface area (Å²) in [6.07, 6.45) is 0. The maximum Gasteiger partial charge on any atom is 0.347 e. The maximum absolute atomic E-state index is 12.7. The number of benzene rings is 4. The lowest BCUT2D eigenvalue weighted by Crippen LogP contribution is -2.02. The van der Waals surface area contributed by atoms with Crippen molar-refractivity contribution in [2.75, 3.05) is 0 Å². The Balaban J connectivity index is 1.80. The lowest BCUT2D eigenvalue weighted by molar-refractivity contribution is -0.149. The first-order chi connectivity index (χ1) is 14.0. The van der Waals surface area contributed by atoms with Crippen molar-refractivity contribution < 1.29 is 14.3 Å². The molecule has 0 saturated heterocycles. The van der Waals surface area contributed by atoms with Gasteiger partial charge in [0.15, 0.2) is 0 Å². The van der Waals surface area contributed by atoms with Crippen LogP contribution in [0, 0.1) is 13.8 Å². The lowest BCUT2D eigenvalue weighted by Gasteiger charge is -2.10. The van der Waals surface area contributed by atoms with Gasteiger partial charge in [0.2, 0.25) is 0 Å². The number of fused-ring (bicyclic) bond motifs is 2. The first-order valence-corrected chi connectivity index (χ1v) is 9.53. The van der Waals surface area contributed by atoms with E-state index >= 15 is 0 Å². The summed E-state index contributed by atoms with van der Waals surface area (Å²) in [5.74, 6) is -1.18. The van der Waals surface area contributed by atoms with Crippen LogP contribution in [-0.2, 0) is 14.3 Å². The molecule has 0 N–H and O–H groups in total. The average molecular weight is 378 g/mol. The summed E-state index contributed by atoms with van der Waals surface area (Å²) in [5, 5.41) is 4.29. The second-order valence-electron chi connectivity index (χ2n) is 7.46. The highest BCUT2D eigenvalue weighted by Crippen LogP contribution is 2.37. The van der Waals surface area contributed by atoms with Gasteiger partial charge in [-0.2, -0.15) is 0 Å². The van der Waals surface area contributed by atoms with E-state index in [0.29, 0.717) is 22.3 Å². The van der Waals surface area contributed by atoms with E-state index in [1.54, 1.807) is 0 Å². The monoisotopic (exact) mass is 378 g/mol. The summed E-state index contributed by atoms with van der Waals surface area (Å²) >= 11 is 0. The summed E-state index contributed by atoms with van der Waals surface area (Å²) in [6.45, 7) is 4.02. The number of hydrogen-bond acceptors (Lipinski definition) is 3. The van der Waals surface area contributed by atoms with Crippen molar-refractivity contribution in [3.05, 3.63) is 95.1 Å². The van der Waals surface area contributed by atoms with Crippen LogP contribution in [-0.4, -0.2) is 11.9 Å². The Morgan fingerprint density at radius 1 is 0.586 bits per heavy atom. The summed E-state index contributed by atoms with van der Waals surface area (Å²) < 4.78 is 5.05. The number of ether oxygens (including phenoxy) is 1. The highest BCUT2D eigenvalue weighted by molar-refractivity contribution is 6.45. The molecule has 0 atom stereocenters. The Bertz CT molecular complexity index is 1270. The summed E-state index contributed by atoms with van der Waals surface area (Å²) in [6, 6.07) is 23.8. The summed E-state index contributed by atoms with van der Waals surface area (Å²) in [4.78, 5) is 25.3. The lowest BCUT2D eigenvalue weighted by atomic mass is 9.91. The zero-order valence-corrected chi connectivity index (χ0v) is 16.2. The fourth-order valence-corrected chi connectivity index (χ4v) is 4.21. The zero-order valence-electron chi connectivity index (χ0n) is 16.2. The molecule has 1 aliphatic heterocycles. The molecule has 0 aromatic heterocycles. The van der Waals surface area contributed by atoms with Crippen LogP contribution in [0.4, 0.5) is 0 Å². The van der Waals surface area contributed by atoms with Gasteiger partial charge in [-0.25, -0.2) is 9.59 Å². The predicted molar refractivity (Wildman–Crippen MR) is 115 cm³/mol. The number of cyclic esters (lactones) is 2. The van der Waals surface area contributed by atoms with Gasteiger partial charge in [-0.15, -0.1) is 0 Å². The molecule has 29 heavy (non-hydrogen) atoms. The third-order valence-electron chi connectivity index (χ3n) is 5.56. The van der Waals surface area contributed by atoms with Crippen LogP contribution < -0.4 is 0 Å². The number of esters is 2. The van der Waals surface area contributed by atoms with Crippen LogP contribution in [0.15, 0.2) is 72.8 Å². The Morgan fingerprint density at radius 2 is 1.00 bits per heavy atom. The molecule has 0 unspecified atom stereocenters. The van der Waals surface area contributed by atoms with Crippen molar-refractivity contribution in [2.24, 2.45) is 0 Å². The molecule has 4 aromatic rings. The number of aryl methyl sites for hydroxylation is 2. The molecule has 0 aliphatic carbocycles. The number of rotatable bonds is 2. The molecular formula is C26H18O3. The van der Waals surface area contributed by atoms with Crippen molar-refractivity contribution in [1.29, 1.82) is 0 Å². The first kappa shape index (κ1) is 17.4. The van der Waals surface area contributed by atoms with Crippen molar-refractivity contribution in [3.63, 3.8) is 0 Å². The molecule has 5 rings (SSSR count). The molecule has 0 spiro atoms. The quantitative estimate of drug-likeness (QED) is 0.337. The van der Waals surface area contributed by atoms with Gasteiger partial charge in [-0.1, -0.05) is 60.7 Å². The summed E-state index contributed by atoms with van der Waals surface area (Å²) in [7, 11) is 0. The van der Waals surface area contributed by atoms with Gasteiger partial charge in [-0.3, -0.25) is 0 Å². The molecule has 3 heteroatoms. The average Bonchev–Trinajstić information content (AvgIpc) is 3.01. The topological polar surface area (TPSA) is 43.4 Å². The second kappa shape index (κ2) is 6.42. The SMILES string of the molecule is Cc1cc(C2=C(c3cc(C)c4ccccc4c3)C(=O)OC2=O)cc2ccccc12. The minimum atomic E-state index is -0.592. The molecule has 0 radical (unpaired) electrons. The molecular weight excluding hydrogens is 360 g/mol. The van der Waals surface area contributed by atoms with Crippen molar-refractivity contribution in [1.82, 2.24) is 0 Å². The van der Waals surface area contributed by atoms with E-state index in [9.17, 15) is 9.59 Å². The number of carbonyl (C=O) groups excluding carboxylic acids is 2. The fourth-order valence-electron chi connectivity index (χ4n) is 4.21. The van der Waals surface area contributed by atoms with Crippen LogP contribution in [0.25, 0.3) is 32.7 Å². The van der Waals surface area contributed by atoms with Gasteiger partial charge in [0, 0.05) is 0 Å². The van der Waals surface area contributed by atoms with Gasteiger partial charge < -0.3 is 4.74 Å². The minimum Gasteiger partial charge on any atom is -0.386 e. The smallest absolute Gasteiger partial charge is 0.347 e.